The van der Waals surface area contributed by atoms with Crippen LogP contribution in [0.5, 0.6) is 0 Å². The zero-order valence-electron chi connectivity index (χ0n) is 9.50. The van der Waals surface area contributed by atoms with Crippen LogP contribution in [0.4, 0.5) is 0 Å². The van der Waals surface area contributed by atoms with Crippen LogP contribution >= 0.6 is 0 Å². The van der Waals surface area contributed by atoms with Crippen LogP contribution in [-0.2, 0) is 9.53 Å². The number of ether oxygens (including phenoxy) is 1. The van der Waals surface area contributed by atoms with E-state index in [-0.39, 0.29) is 5.91 Å². The van der Waals surface area contributed by atoms with E-state index >= 15 is 0 Å². The Balaban J connectivity index is 1.66. The van der Waals surface area contributed by atoms with Crippen LogP contribution in [0.3, 0.4) is 0 Å². The Morgan fingerprint density at radius 1 is 1.62 bits per heavy atom. The van der Waals surface area contributed by atoms with E-state index < -0.39 is 5.60 Å². The Labute approximate surface area is 95.5 Å². The summed E-state index contributed by atoms with van der Waals surface area (Å²) in [5.41, 5.74) is -0.844. The molecule has 0 aromatic rings. The van der Waals surface area contributed by atoms with E-state index in [1.54, 1.807) is 0 Å². The molecule has 2 heterocycles. The van der Waals surface area contributed by atoms with Crippen molar-refractivity contribution in [2.75, 3.05) is 32.8 Å². The summed E-state index contributed by atoms with van der Waals surface area (Å²) in [6.07, 6.45) is 2.24. The molecule has 2 aliphatic rings. The first-order valence-corrected chi connectivity index (χ1v) is 5.95. The van der Waals surface area contributed by atoms with Gasteiger partial charge in [0.05, 0.1) is 6.61 Å². The van der Waals surface area contributed by atoms with Crippen LogP contribution in [0.15, 0.2) is 0 Å². The van der Waals surface area contributed by atoms with Gasteiger partial charge in [-0.25, -0.2) is 0 Å². The molecule has 0 aromatic heterocycles. The molecule has 0 saturated carbocycles. The normalized spacial score (nSPS) is 34.2. The summed E-state index contributed by atoms with van der Waals surface area (Å²) in [4.78, 5) is 11.6. The van der Waals surface area contributed by atoms with Crippen LogP contribution in [0.1, 0.15) is 19.3 Å². The lowest BCUT2D eigenvalue weighted by atomic mass is 10.0. The minimum Gasteiger partial charge on any atom is -0.386 e. The molecular weight excluding hydrogens is 208 g/mol. The first-order valence-electron chi connectivity index (χ1n) is 5.95. The van der Waals surface area contributed by atoms with Gasteiger partial charge in [-0.2, -0.15) is 0 Å². The third-order valence-electron chi connectivity index (χ3n) is 3.33. The van der Waals surface area contributed by atoms with Crippen molar-refractivity contribution in [3.8, 4) is 0 Å². The molecule has 2 aliphatic heterocycles. The Bertz CT molecular complexity index is 246. The molecule has 92 valence electrons. The maximum atomic E-state index is 11.6. The number of carbonyl (C=O) groups excluding carboxylic acids is 1. The number of rotatable bonds is 4. The van der Waals surface area contributed by atoms with Crippen molar-refractivity contribution in [1.82, 2.24) is 10.6 Å². The van der Waals surface area contributed by atoms with Gasteiger partial charge in [-0.3, -0.25) is 4.79 Å². The van der Waals surface area contributed by atoms with Crippen LogP contribution in [0, 0.1) is 5.92 Å². The standard InChI is InChI=1S/C11H20N2O3/c14-10(5-9-1-3-12-6-9)13-7-11(15)2-4-16-8-11/h9,12,15H,1-8H2,(H,13,14). The molecular formula is C11H20N2O3. The largest absolute Gasteiger partial charge is 0.386 e. The highest BCUT2D eigenvalue weighted by molar-refractivity contribution is 5.76. The third-order valence-corrected chi connectivity index (χ3v) is 3.33. The molecule has 0 aromatic carbocycles. The van der Waals surface area contributed by atoms with E-state index in [2.05, 4.69) is 10.6 Å². The van der Waals surface area contributed by atoms with E-state index in [1.807, 2.05) is 0 Å². The SMILES string of the molecule is O=C(CC1CCNC1)NCC1(O)CCOC1. The van der Waals surface area contributed by atoms with Crippen molar-refractivity contribution in [1.29, 1.82) is 0 Å². The summed E-state index contributed by atoms with van der Waals surface area (Å²) in [7, 11) is 0. The van der Waals surface area contributed by atoms with E-state index in [0.29, 0.717) is 38.5 Å². The molecule has 0 spiro atoms. The molecule has 2 rings (SSSR count). The molecule has 16 heavy (non-hydrogen) atoms. The zero-order valence-corrected chi connectivity index (χ0v) is 9.50. The molecule has 2 unspecified atom stereocenters. The highest BCUT2D eigenvalue weighted by Gasteiger charge is 2.32. The molecule has 0 bridgehead atoms. The number of nitrogens with one attached hydrogen (secondary N) is 2. The summed E-state index contributed by atoms with van der Waals surface area (Å²) in [6.45, 7) is 3.17. The van der Waals surface area contributed by atoms with Gasteiger partial charge in [-0.1, -0.05) is 0 Å². The summed E-state index contributed by atoms with van der Waals surface area (Å²) < 4.78 is 5.11. The Morgan fingerprint density at radius 3 is 3.12 bits per heavy atom. The summed E-state index contributed by atoms with van der Waals surface area (Å²) in [6, 6.07) is 0. The molecule has 5 heteroatoms. The maximum absolute atomic E-state index is 11.6. The van der Waals surface area contributed by atoms with Gasteiger partial charge in [0.25, 0.3) is 0 Å². The van der Waals surface area contributed by atoms with Gasteiger partial charge in [0, 0.05) is 26.0 Å². The average molecular weight is 228 g/mol. The van der Waals surface area contributed by atoms with E-state index in [4.69, 9.17) is 4.74 Å². The Morgan fingerprint density at radius 2 is 2.50 bits per heavy atom. The minimum absolute atomic E-state index is 0.0361. The zero-order chi connectivity index (χ0) is 11.4. The molecule has 0 radical (unpaired) electrons. The second-order valence-corrected chi connectivity index (χ2v) is 4.87. The van der Waals surface area contributed by atoms with Gasteiger partial charge < -0.3 is 20.5 Å². The number of aliphatic hydroxyl groups is 1. The molecule has 2 saturated heterocycles. The fraction of sp³-hybridized carbons (Fsp3) is 0.909. The Kier molecular flexibility index (Phi) is 3.78. The van der Waals surface area contributed by atoms with Gasteiger partial charge in [0.1, 0.15) is 5.60 Å². The van der Waals surface area contributed by atoms with Crippen molar-refractivity contribution >= 4 is 5.91 Å². The summed E-state index contributed by atoms with van der Waals surface area (Å²) in [5.74, 6) is 0.489. The van der Waals surface area contributed by atoms with E-state index in [0.717, 1.165) is 19.5 Å². The van der Waals surface area contributed by atoms with Gasteiger partial charge >= 0.3 is 0 Å². The monoisotopic (exact) mass is 228 g/mol. The third kappa shape index (κ3) is 3.17. The lowest BCUT2D eigenvalue weighted by Crippen LogP contribution is -2.43. The van der Waals surface area contributed by atoms with Crippen LogP contribution < -0.4 is 10.6 Å². The van der Waals surface area contributed by atoms with Crippen molar-refractivity contribution in [3.63, 3.8) is 0 Å². The summed E-state index contributed by atoms with van der Waals surface area (Å²) >= 11 is 0. The first kappa shape index (κ1) is 11.8. The van der Waals surface area contributed by atoms with Crippen LogP contribution in [0.2, 0.25) is 0 Å². The first-order chi connectivity index (χ1) is 7.68. The lowest BCUT2D eigenvalue weighted by molar-refractivity contribution is -0.123. The number of carbonyl (C=O) groups is 1. The predicted octanol–water partition coefficient (Wildman–Crippen LogP) is -0.746. The van der Waals surface area contributed by atoms with Gasteiger partial charge in [-0.15, -0.1) is 0 Å². The smallest absolute Gasteiger partial charge is 0.220 e. The number of amides is 1. The number of hydrogen-bond acceptors (Lipinski definition) is 4. The van der Waals surface area contributed by atoms with Gasteiger partial charge in [0.15, 0.2) is 0 Å². The molecule has 2 atom stereocenters. The molecule has 0 aliphatic carbocycles. The Hall–Kier alpha value is -0.650. The van der Waals surface area contributed by atoms with Crippen molar-refractivity contribution in [3.05, 3.63) is 0 Å². The second-order valence-electron chi connectivity index (χ2n) is 4.87. The topological polar surface area (TPSA) is 70.6 Å². The van der Waals surface area contributed by atoms with Crippen molar-refractivity contribution in [2.45, 2.75) is 24.9 Å². The van der Waals surface area contributed by atoms with Crippen molar-refractivity contribution < 1.29 is 14.6 Å². The highest BCUT2D eigenvalue weighted by atomic mass is 16.5. The van der Waals surface area contributed by atoms with Gasteiger partial charge in [-0.05, 0) is 25.4 Å². The molecule has 5 nitrogen and oxygen atoms in total. The second kappa shape index (κ2) is 5.12. The lowest BCUT2D eigenvalue weighted by Gasteiger charge is -2.21. The minimum atomic E-state index is -0.844. The van der Waals surface area contributed by atoms with Gasteiger partial charge in [0.2, 0.25) is 5.91 Å². The fourth-order valence-corrected chi connectivity index (χ4v) is 2.22. The average Bonchev–Trinajstić information content (AvgIpc) is 2.88. The fourth-order valence-electron chi connectivity index (χ4n) is 2.22. The molecule has 1 amide bonds. The van der Waals surface area contributed by atoms with Crippen LogP contribution in [0.25, 0.3) is 0 Å². The highest BCUT2D eigenvalue weighted by Crippen LogP contribution is 2.17. The van der Waals surface area contributed by atoms with Crippen LogP contribution in [-0.4, -0.2) is 49.5 Å². The van der Waals surface area contributed by atoms with E-state index in [9.17, 15) is 9.90 Å². The molecule has 3 N–H and O–H groups in total. The quantitative estimate of drug-likeness (QED) is 0.592. The summed E-state index contributed by atoms with van der Waals surface area (Å²) in [5, 5.41) is 16.0. The predicted molar refractivity (Wildman–Crippen MR) is 59.0 cm³/mol. The maximum Gasteiger partial charge on any atom is 0.220 e. The van der Waals surface area contributed by atoms with Crippen molar-refractivity contribution in [2.24, 2.45) is 5.92 Å². The molecule has 2 fully saturated rings. The van der Waals surface area contributed by atoms with E-state index in [1.165, 1.54) is 0 Å². The number of hydrogen-bond donors (Lipinski definition) is 3.